The largest absolute Gasteiger partial charge is 0.496 e. The molecular weight excluding hydrogens is 218 g/mol. The molecule has 0 aliphatic heterocycles. The van der Waals surface area contributed by atoms with E-state index in [1.54, 1.807) is 6.92 Å². The highest BCUT2D eigenvalue weighted by atomic mass is 19.1. The average Bonchev–Trinajstić information content (AvgIpc) is 2.28. The summed E-state index contributed by atoms with van der Waals surface area (Å²) >= 11 is 0. The maximum atomic E-state index is 13.6. The fraction of sp³-hybridized carbons (Fsp3) is 0.364. The van der Waals surface area contributed by atoms with Gasteiger partial charge in [0.15, 0.2) is 0 Å². The van der Waals surface area contributed by atoms with Gasteiger partial charge in [0.05, 0.1) is 13.7 Å². The number of carbonyl (C=O) groups excluding carboxylic acids is 1. The van der Waals surface area contributed by atoms with Crippen LogP contribution in [0, 0.1) is 5.82 Å². The Bertz CT molecular complexity index is 379. The third-order valence-electron chi connectivity index (χ3n) is 1.96. The molecule has 1 unspecified atom stereocenters. The van der Waals surface area contributed by atoms with Gasteiger partial charge in [0.25, 0.3) is 0 Å². The van der Waals surface area contributed by atoms with Crippen LogP contribution in [0.25, 0.3) is 0 Å². The molecule has 0 saturated heterocycles. The second-order valence-corrected chi connectivity index (χ2v) is 3.00. The van der Waals surface area contributed by atoms with Crippen molar-refractivity contribution >= 4 is 5.97 Å². The van der Waals surface area contributed by atoms with Crippen LogP contribution in [-0.2, 0) is 9.53 Å². The van der Waals surface area contributed by atoms with Crippen LogP contribution in [0.5, 0.6) is 5.75 Å². The van der Waals surface area contributed by atoms with Crippen LogP contribution in [0.4, 0.5) is 8.78 Å². The van der Waals surface area contributed by atoms with Gasteiger partial charge in [-0.05, 0) is 25.1 Å². The second kappa shape index (κ2) is 5.44. The molecule has 0 heterocycles. The van der Waals surface area contributed by atoms with Crippen molar-refractivity contribution in [2.45, 2.75) is 13.1 Å². The van der Waals surface area contributed by atoms with Crippen LogP contribution in [0.15, 0.2) is 18.2 Å². The Morgan fingerprint density at radius 3 is 2.75 bits per heavy atom. The van der Waals surface area contributed by atoms with Crippen LogP contribution in [0.2, 0.25) is 0 Å². The highest BCUT2D eigenvalue weighted by Gasteiger charge is 2.25. The van der Waals surface area contributed by atoms with Gasteiger partial charge in [-0.3, -0.25) is 0 Å². The minimum Gasteiger partial charge on any atom is -0.496 e. The Hall–Kier alpha value is -1.65. The first-order valence-corrected chi connectivity index (χ1v) is 4.74. The van der Waals surface area contributed by atoms with Crippen molar-refractivity contribution in [1.29, 1.82) is 0 Å². The summed E-state index contributed by atoms with van der Waals surface area (Å²) in [5.41, 5.74) is -0.166. The first-order chi connectivity index (χ1) is 7.60. The third kappa shape index (κ3) is 2.68. The number of halogens is 2. The minimum atomic E-state index is -2.04. The van der Waals surface area contributed by atoms with Crippen LogP contribution in [-0.4, -0.2) is 19.7 Å². The van der Waals surface area contributed by atoms with Crippen LogP contribution >= 0.6 is 0 Å². The molecule has 0 N–H and O–H groups in total. The van der Waals surface area contributed by atoms with E-state index in [0.29, 0.717) is 0 Å². The maximum absolute atomic E-state index is 13.6. The number of rotatable bonds is 4. The summed E-state index contributed by atoms with van der Waals surface area (Å²) in [6.07, 6.45) is -2.04. The van der Waals surface area contributed by atoms with Gasteiger partial charge in [0.2, 0.25) is 6.17 Å². The molecule has 0 spiro atoms. The van der Waals surface area contributed by atoms with Gasteiger partial charge in [-0.15, -0.1) is 0 Å². The summed E-state index contributed by atoms with van der Waals surface area (Å²) in [4.78, 5) is 11.1. The molecule has 0 bridgehead atoms. The van der Waals surface area contributed by atoms with Crippen LogP contribution < -0.4 is 4.74 Å². The summed E-state index contributed by atoms with van der Waals surface area (Å²) in [5, 5.41) is 0. The Morgan fingerprint density at radius 1 is 1.50 bits per heavy atom. The molecule has 1 atom stereocenters. The molecule has 1 aromatic carbocycles. The number of methoxy groups -OCH3 is 1. The van der Waals surface area contributed by atoms with Crippen molar-refractivity contribution in [1.82, 2.24) is 0 Å². The van der Waals surface area contributed by atoms with Gasteiger partial charge >= 0.3 is 5.97 Å². The normalized spacial score (nSPS) is 12.0. The van der Waals surface area contributed by atoms with E-state index in [1.807, 2.05) is 0 Å². The Morgan fingerprint density at radius 2 is 2.19 bits per heavy atom. The first-order valence-electron chi connectivity index (χ1n) is 4.74. The quantitative estimate of drug-likeness (QED) is 0.745. The second-order valence-electron chi connectivity index (χ2n) is 3.00. The zero-order valence-corrected chi connectivity index (χ0v) is 9.00. The summed E-state index contributed by atoms with van der Waals surface area (Å²) in [7, 11) is 1.31. The van der Waals surface area contributed by atoms with Crippen LogP contribution in [0.1, 0.15) is 18.7 Å². The van der Waals surface area contributed by atoms with Crippen molar-refractivity contribution in [3.63, 3.8) is 0 Å². The molecule has 3 nitrogen and oxygen atoms in total. The molecule has 1 rings (SSSR count). The van der Waals surface area contributed by atoms with Gasteiger partial charge in [0.1, 0.15) is 11.6 Å². The Labute approximate surface area is 92.0 Å². The average molecular weight is 230 g/mol. The molecule has 0 saturated carbocycles. The van der Waals surface area contributed by atoms with E-state index < -0.39 is 18.0 Å². The number of esters is 1. The fourth-order valence-corrected chi connectivity index (χ4v) is 1.25. The van der Waals surface area contributed by atoms with E-state index in [2.05, 4.69) is 4.74 Å². The van der Waals surface area contributed by atoms with Crippen molar-refractivity contribution in [3.8, 4) is 5.75 Å². The molecule has 0 aliphatic carbocycles. The Balaban J connectivity index is 3.01. The van der Waals surface area contributed by atoms with Crippen molar-refractivity contribution in [2.24, 2.45) is 0 Å². The topological polar surface area (TPSA) is 35.5 Å². The van der Waals surface area contributed by atoms with E-state index in [-0.39, 0.29) is 17.9 Å². The highest BCUT2D eigenvalue weighted by molar-refractivity contribution is 5.77. The predicted octanol–water partition coefficient (Wildman–Crippen LogP) is 2.41. The van der Waals surface area contributed by atoms with Crippen molar-refractivity contribution in [3.05, 3.63) is 29.6 Å². The van der Waals surface area contributed by atoms with Gasteiger partial charge in [-0.2, -0.15) is 0 Å². The summed E-state index contributed by atoms with van der Waals surface area (Å²) in [5.74, 6) is -1.57. The molecule has 0 fully saturated rings. The summed E-state index contributed by atoms with van der Waals surface area (Å²) in [6, 6.07) is 3.30. The number of benzene rings is 1. The summed E-state index contributed by atoms with van der Waals surface area (Å²) in [6.45, 7) is 1.63. The lowest BCUT2D eigenvalue weighted by Crippen LogP contribution is -2.13. The van der Waals surface area contributed by atoms with E-state index in [9.17, 15) is 13.6 Å². The van der Waals surface area contributed by atoms with Crippen LogP contribution in [0.3, 0.4) is 0 Å². The SMILES string of the molecule is CCOC(=O)C(F)c1cc(F)ccc1OC. The van der Waals surface area contributed by atoms with Gasteiger partial charge in [-0.25, -0.2) is 13.6 Å². The van der Waals surface area contributed by atoms with Crippen molar-refractivity contribution in [2.75, 3.05) is 13.7 Å². The zero-order chi connectivity index (χ0) is 12.1. The fourth-order valence-electron chi connectivity index (χ4n) is 1.25. The molecule has 88 valence electrons. The lowest BCUT2D eigenvalue weighted by atomic mass is 10.1. The minimum absolute atomic E-state index is 0.0664. The van der Waals surface area contributed by atoms with Gasteiger partial charge in [0, 0.05) is 5.56 Å². The lowest BCUT2D eigenvalue weighted by Gasteiger charge is -2.11. The standard InChI is InChI=1S/C11H12F2O3/c1-3-16-11(14)10(13)8-6-7(12)4-5-9(8)15-2/h4-6,10H,3H2,1-2H3. The number of hydrogen-bond donors (Lipinski definition) is 0. The molecule has 0 aromatic heterocycles. The van der Waals surface area contributed by atoms with E-state index in [0.717, 1.165) is 12.1 Å². The molecule has 0 amide bonds. The first kappa shape index (κ1) is 12.4. The number of alkyl halides is 1. The Kier molecular flexibility index (Phi) is 4.22. The van der Waals surface area contributed by atoms with E-state index in [4.69, 9.17) is 4.74 Å². The predicted molar refractivity (Wildman–Crippen MR) is 53.4 cm³/mol. The molecule has 1 aromatic rings. The maximum Gasteiger partial charge on any atom is 0.345 e. The number of ether oxygens (including phenoxy) is 2. The molecular formula is C11H12F2O3. The number of carbonyl (C=O) groups is 1. The van der Waals surface area contributed by atoms with Crippen molar-refractivity contribution < 1.29 is 23.0 Å². The molecule has 0 radical (unpaired) electrons. The lowest BCUT2D eigenvalue weighted by molar-refractivity contribution is -0.149. The molecule has 16 heavy (non-hydrogen) atoms. The summed E-state index contributed by atoms with van der Waals surface area (Å²) < 4.78 is 35.9. The zero-order valence-electron chi connectivity index (χ0n) is 9.00. The van der Waals surface area contributed by atoms with E-state index >= 15 is 0 Å². The highest BCUT2D eigenvalue weighted by Crippen LogP contribution is 2.29. The molecule has 0 aliphatic rings. The van der Waals surface area contributed by atoms with Gasteiger partial charge < -0.3 is 9.47 Å². The molecule has 5 heteroatoms. The number of hydrogen-bond acceptors (Lipinski definition) is 3. The monoisotopic (exact) mass is 230 g/mol. The smallest absolute Gasteiger partial charge is 0.345 e. The van der Waals surface area contributed by atoms with Gasteiger partial charge in [-0.1, -0.05) is 0 Å². The third-order valence-corrected chi connectivity index (χ3v) is 1.96. The van der Waals surface area contributed by atoms with E-state index in [1.165, 1.54) is 13.2 Å².